The van der Waals surface area contributed by atoms with E-state index in [0.29, 0.717) is 23.4 Å². The number of anilines is 1. The molecule has 1 amide bonds. The Hall–Kier alpha value is -3.37. The van der Waals surface area contributed by atoms with E-state index < -0.39 is 23.3 Å². The molecule has 30 heavy (non-hydrogen) atoms. The van der Waals surface area contributed by atoms with Gasteiger partial charge in [-0.1, -0.05) is 0 Å². The average molecular weight is 420 g/mol. The number of alkyl halides is 2. The molecule has 1 unspecified atom stereocenters. The van der Waals surface area contributed by atoms with Gasteiger partial charge >= 0.3 is 5.69 Å². The quantitative estimate of drug-likeness (QED) is 0.588. The predicted molar refractivity (Wildman–Crippen MR) is 103 cm³/mol. The number of amides is 1. The first-order valence-electron chi connectivity index (χ1n) is 9.33. The summed E-state index contributed by atoms with van der Waals surface area (Å²) in [4.78, 5) is 38.6. The van der Waals surface area contributed by atoms with E-state index in [4.69, 9.17) is 0 Å². The second-order valence-corrected chi connectivity index (χ2v) is 7.37. The molecule has 8 nitrogen and oxygen atoms in total. The number of carbonyl (C=O) groups excluding carboxylic acids is 1. The number of carbonyl (C=O) groups is 1. The zero-order valence-corrected chi connectivity index (χ0v) is 16.0. The van der Waals surface area contributed by atoms with Gasteiger partial charge in [-0.25, -0.2) is 22.9 Å². The number of nitrogens with zero attached hydrogens (tertiary/aromatic N) is 3. The normalized spacial score (nSPS) is 17.9. The van der Waals surface area contributed by atoms with E-state index in [9.17, 15) is 22.8 Å². The highest BCUT2D eigenvalue weighted by Crippen LogP contribution is 2.37. The van der Waals surface area contributed by atoms with Crippen molar-refractivity contribution in [2.45, 2.75) is 37.8 Å². The molecule has 2 aromatic heterocycles. The molecule has 0 saturated heterocycles. The predicted octanol–water partition coefficient (Wildman–Crippen LogP) is 2.34. The van der Waals surface area contributed by atoms with Crippen LogP contribution in [0.5, 0.6) is 0 Å². The molecule has 3 N–H and O–H groups in total. The summed E-state index contributed by atoms with van der Waals surface area (Å²) >= 11 is 0. The Balaban J connectivity index is 1.40. The van der Waals surface area contributed by atoms with E-state index in [1.807, 2.05) is 0 Å². The molecule has 11 heteroatoms. The minimum Gasteiger partial charge on any atom is -0.355 e. The fourth-order valence-corrected chi connectivity index (χ4v) is 3.56. The summed E-state index contributed by atoms with van der Waals surface area (Å²) in [6.07, 6.45) is 2.91. The van der Waals surface area contributed by atoms with Gasteiger partial charge in [0.05, 0.1) is 41.2 Å². The largest absolute Gasteiger partial charge is 0.355 e. The maximum atomic E-state index is 14.2. The lowest BCUT2D eigenvalue weighted by Gasteiger charge is -2.25. The van der Waals surface area contributed by atoms with Gasteiger partial charge in [0, 0.05) is 32.0 Å². The van der Waals surface area contributed by atoms with Gasteiger partial charge in [0.1, 0.15) is 11.6 Å². The van der Waals surface area contributed by atoms with Crippen molar-refractivity contribution in [1.82, 2.24) is 25.3 Å². The van der Waals surface area contributed by atoms with Crippen LogP contribution >= 0.6 is 0 Å². The number of halogens is 3. The van der Waals surface area contributed by atoms with Crippen molar-refractivity contribution in [1.29, 1.82) is 0 Å². The first-order valence-corrected chi connectivity index (χ1v) is 9.33. The maximum Gasteiger partial charge on any atom is 0.323 e. The minimum atomic E-state index is -2.65. The Morgan fingerprint density at radius 3 is 2.63 bits per heavy atom. The fraction of sp³-hybridized carbons (Fsp3) is 0.368. The van der Waals surface area contributed by atoms with E-state index in [2.05, 4.69) is 25.3 Å². The van der Waals surface area contributed by atoms with Crippen molar-refractivity contribution in [3.05, 3.63) is 52.1 Å². The molecular weight excluding hydrogens is 401 g/mol. The van der Waals surface area contributed by atoms with Crippen LogP contribution in [-0.2, 0) is 6.54 Å². The Labute approximate surface area is 168 Å². The molecule has 1 saturated carbocycles. The first kappa shape index (κ1) is 19.9. The van der Waals surface area contributed by atoms with Crippen LogP contribution in [0, 0.1) is 5.82 Å². The number of hydrogen-bond donors (Lipinski definition) is 3. The first-order chi connectivity index (χ1) is 14.2. The van der Waals surface area contributed by atoms with Gasteiger partial charge < -0.3 is 20.2 Å². The molecule has 2 heterocycles. The highest BCUT2D eigenvalue weighted by molar-refractivity contribution is 5.97. The molecule has 4 rings (SSSR count). The van der Waals surface area contributed by atoms with Crippen molar-refractivity contribution in [2.24, 2.45) is 0 Å². The van der Waals surface area contributed by atoms with Gasteiger partial charge in [-0.3, -0.25) is 9.78 Å². The number of nitrogens with one attached hydrogen (secondary N) is 3. The smallest absolute Gasteiger partial charge is 0.323 e. The molecule has 0 radical (unpaired) electrons. The van der Waals surface area contributed by atoms with Gasteiger partial charge in [0.15, 0.2) is 0 Å². The van der Waals surface area contributed by atoms with Crippen LogP contribution < -0.4 is 15.9 Å². The van der Waals surface area contributed by atoms with Crippen LogP contribution in [-0.4, -0.2) is 44.9 Å². The van der Waals surface area contributed by atoms with Crippen LogP contribution in [0.15, 0.2) is 29.3 Å². The third-order valence-corrected chi connectivity index (χ3v) is 5.26. The molecule has 158 valence electrons. The van der Waals surface area contributed by atoms with E-state index in [-0.39, 0.29) is 36.5 Å². The SMILES string of the molecule is CN(c1cnc(CNC(=O)c2cc3[nH]c(=O)[nH]c3cc2F)cn1)C1CCC(F)(F)C1. The summed E-state index contributed by atoms with van der Waals surface area (Å²) in [7, 11) is 1.70. The zero-order chi connectivity index (χ0) is 21.5. The second kappa shape index (κ2) is 7.47. The van der Waals surface area contributed by atoms with E-state index in [1.54, 1.807) is 11.9 Å². The van der Waals surface area contributed by atoms with Crippen molar-refractivity contribution in [3.8, 4) is 0 Å². The van der Waals surface area contributed by atoms with E-state index in [1.165, 1.54) is 18.5 Å². The fourth-order valence-electron chi connectivity index (χ4n) is 3.56. The minimum absolute atomic E-state index is 0.00153. The molecule has 1 aromatic carbocycles. The molecule has 3 aromatic rings. The summed E-state index contributed by atoms with van der Waals surface area (Å²) in [6, 6.07) is 2.01. The van der Waals surface area contributed by atoms with Crippen molar-refractivity contribution in [3.63, 3.8) is 0 Å². The monoisotopic (exact) mass is 420 g/mol. The topological polar surface area (TPSA) is 107 Å². The van der Waals surface area contributed by atoms with Gasteiger partial charge in [0.25, 0.3) is 5.91 Å². The van der Waals surface area contributed by atoms with Crippen LogP contribution in [0.1, 0.15) is 35.3 Å². The van der Waals surface area contributed by atoms with Crippen LogP contribution in [0.4, 0.5) is 19.0 Å². The summed E-state index contributed by atoms with van der Waals surface area (Å²) in [5.74, 6) is -3.64. The van der Waals surface area contributed by atoms with Gasteiger partial charge in [0.2, 0.25) is 5.92 Å². The molecule has 0 aliphatic heterocycles. The highest BCUT2D eigenvalue weighted by atomic mass is 19.3. The summed E-state index contributed by atoms with van der Waals surface area (Å²) in [5, 5.41) is 2.55. The van der Waals surface area contributed by atoms with Crippen molar-refractivity contribution in [2.75, 3.05) is 11.9 Å². The average Bonchev–Trinajstić information content (AvgIpc) is 3.25. The Morgan fingerprint density at radius 1 is 1.27 bits per heavy atom. The lowest BCUT2D eigenvalue weighted by molar-refractivity contribution is 0.00785. The number of aromatic amines is 2. The number of imidazole rings is 1. The number of benzene rings is 1. The molecule has 0 bridgehead atoms. The Kier molecular flexibility index (Phi) is 4.96. The number of rotatable bonds is 5. The van der Waals surface area contributed by atoms with Crippen molar-refractivity contribution < 1.29 is 18.0 Å². The summed E-state index contributed by atoms with van der Waals surface area (Å²) < 4.78 is 41.0. The van der Waals surface area contributed by atoms with Gasteiger partial charge in [-0.05, 0) is 12.5 Å². The lowest BCUT2D eigenvalue weighted by Crippen LogP contribution is -2.31. The standard InChI is InChI=1S/C19H19F3N6O2/c1-28(11-2-3-19(21,22)6-11)16-9-23-10(7-24-16)8-25-17(29)12-4-14-15(5-13(12)20)27-18(30)26-14/h4-5,7,9,11H,2-3,6,8H2,1H3,(H,25,29)(H2,26,27,30). The third kappa shape index (κ3) is 4.00. The highest BCUT2D eigenvalue weighted by Gasteiger charge is 2.41. The zero-order valence-electron chi connectivity index (χ0n) is 16.0. The molecule has 1 fully saturated rings. The van der Waals surface area contributed by atoms with Crippen LogP contribution in [0.25, 0.3) is 11.0 Å². The van der Waals surface area contributed by atoms with Crippen LogP contribution in [0.3, 0.4) is 0 Å². The Morgan fingerprint density at radius 2 is 2.00 bits per heavy atom. The summed E-state index contributed by atoms with van der Waals surface area (Å²) in [5.41, 5.74) is 0.289. The molecule has 1 aliphatic rings. The van der Waals surface area contributed by atoms with E-state index in [0.717, 1.165) is 6.07 Å². The molecule has 1 atom stereocenters. The number of aromatic nitrogens is 4. The molecule has 1 aliphatic carbocycles. The number of hydrogen-bond acceptors (Lipinski definition) is 5. The maximum absolute atomic E-state index is 14.2. The van der Waals surface area contributed by atoms with Gasteiger partial charge in [-0.15, -0.1) is 0 Å². The molecule has 0 spiro atoms. The Bertz CT molecular complexity index is 1140. The third-order valence-electron chi connectivity index (χ3n) is 5.26. The second-order valence-electron chi connectivity index (χ2n) is 7.37. The summed E-state index contributed by atoms with van der Waals surface area (Å²) in [6.45, 7) is -0.00153. The van der Waals surface area contributed by atoms with Gasteiger partial charge in [-0.2, -0.15) is 0 Å². The van der Waals surface area contributed by atoms with Crippen molar-refractivity contribution >= 4 is 22.8 Å². The molecular formula is C19H19F3N6O2. The van der Waals surface area contributed by atoms with E-state index >= 15 is 0 Å². The van der Waals surface area contributed by atoms with Crippen LogP contribution in [0.2, 0.25) is 0 Å². The lowest BCUT2D eigenvalue weighted by atomic mass is 10.1. The number of H-pyrrole nitrogens is 2. The number of fused-ring (bicyclic) bond motifs is 1.